The van der Waals surface area contributed by atoms with Gasteiger partial charge in [-0.2, -0.15) is 4.98 Å². The second kappa shape index (κ2) is 9.60. The number of nitrogens with one attached hydrogen (secondary N) is 2. The molecule has 3 aromatic rings. The molecule has 0 bridgehead atoms. The highest BCUT2D eigenvalue weighted by Gasteiger charge is 2.48. The van der Waals surface area contributed by atoms with E-state index in [0.717, 1.165) is 51.6 Å². The van der Waals surface area contributed by atoms with Crippen LogP contribution in [0.2, 0.25) is 0 Å². The van der Waals surface area contributed by atoms with Gasteiger partial charge in [-0.15, -0.1) is 11.3 Å². The van der Waals surface area contributed by atoms with Gasteiger partial charge < -0.3 is 20.8 Å². The van der Waals surface area contributed by atoms with E-state index in [4.69, 9.17) is 20.5 Å². The van der Waals surface area contributed by atoms with Crippen molar-refractivity contribution in [3.05, 3.63) is 34.1 Å². The summed E-state index contributed by atoms with van der Waals surface area (Å²) < 4.78 is 1.07. The van der Waals surface area contributed by atoms with E-state index in [9.17, 15) is 10.2 Å². The lowest BCUT2D eigenvalue weighted by molar-refractivity contribution is 0.00301. The Balaban J connectivity index is 1.38. The molecule has 0 radical (unpaired) electrons. The summed E-state index contributed by atoms with van der Waals surface area (Å²) in [5.74, 6) is 1.81. The zero-order valence-electron chi connectivity index (χ0n) is 21.8. The van der Waals surface area contributed by atoms with Gasteiger partial charge in [0.1, 0.15) is 22.4 Å². The van der Waals surface area contributed by atoms with Crippen LogP contribution in [0.3, 0.4) is 0 Å². The van der Waals surface area contributed by atoms with Crippen molar-refractivity contribution < 1.29 is 10.2 Å². The van der Waals surface area contributed by atoms with Crippen LogP contribution in [0.4, 0.5) is 11.8 Å². The van der Waals surface area contributed by atoms with Crippen molar-refractivity contribution in [1.82, 2.24) is 19.9 Å². The van der Waals surface area contributed by atoms with E-state index >= 15 is 0 Å². The minimum atomic E-state index is -1.06. The summed E-state index contributed by atoms with van der Waals surface area (Å²) in [7, 11) is 0. The van der Waals surface area contributed by atoms with E-state index in [-0.39, 0.29) is 0 Å². The fraction of sp³-hybridized carbons (Fsp3) is 0.615. The number of aromatic nitrogens is 4. The maximum Gasteiger partial charge on any atom is 0.224 e. The Morgan fingerprint density at radius 2 is 1.95 bits per heavy atom. The number of nitrogens with zero attached hydrogens (tertiary/aromatic N) is 7. The van der Waals surface area contributed by atoms with Crippen LogP contribution in [0.1, 0.15) is 63.3 Å². The molecule has 3 aliphatic rings. The summed E-state index contributed by atoms with van der Waals surface area (Å²) in [4.78, 5) is 22.2. The lowest BCUT2D eigenvalue weighted by atomic mass is 9.85. The predicted octanol–water partition coefficient (Wildman–Crippen LogP) is 4.77. The molecule has 6 rings (SSSR count). The number of hydrogen-bond acceptors (Lipinski definition) is 10. The van der Waals surface area contributed by atoms with Gasteiger partial charge >= 0.3 is 0 Å². The molecule has 0 saturated heterocycles. The number of thiazole rings is 1. The van der Waals surface area contributed by atoms with E-state index in [1.807, 2.05) is 19.2 Å². The number of fused-ring (bicyclic) bond motifs is 1. The number of aliphatic hydroxyl groups excluding tert-OH is 2. The Morgan fingerprint density at radius 1 is 1.16 bits per heavy atom. The molecule has 4 N–H and O–H groups in total. The maximum atomic E-state index is 11.0. The van der Waals surface area contributed by atoms with E-state index < -0.39 is 29.7 Å². The molecule has 0 spiro atoms. The topological polar surface area (TPSA) is 165 Å². The van der Waals surface area contributed by atoms with E-state index in [0.29, 0.717) is 30.0 Å². The van der Waals surface area contributed by atoms with Crippen molar-refractivity contribution >= 4 is 33.3 Å². The molecule has 38 heavy (non-hydrogen) atoms. The van der Waals surface area contributed by atoms with Crippen LogP contribution in [0.5, 0.6) is 0 Å². The van der Waals surface area contributed by atoms with Gasteiger partial charge in [-0.25, -0.2) is 9.97 Å². The number of aliphatic hydroxyl groups is 2. The maximum absolute atomic E-state index is 11.0. The van der Waals surface area contributed by atoms with Crippen molar-refractivity contribution in [2.45, 2.75) is 82.6 Å². The normalized spacial score (nSPS) is 25.4. The zero-order valence-corrected chi connectivity index (χ0v) is 22.6. The molecule has 0 aliphatic heterocycles. The molecule has 0 aromatic carbocycles. The second-order valence-corrected chi connectivity index (χ2v) is 12.5. The van der Waals surface area contributed by atoms with E-state index in [1.165, 1.54) is 12.8 Å². The lowest BCUT2D eigenvalue weighted by Gasteiger charge is -2.29. The van der Waals surface area contributed by atoms with Crippen LogP contribution >= 0.6 is 11.3 Å². The first kappa shape index (κ1) is 25.2. The molecular weight excluding hydrogens is 502 g/mol. The molecule has 200 valence electrons. The quantitative estimate of drug-likeness (QED) is 0.173. The zero-order chi connectivity index (χ0) is 26.6. The summed E-state index contributed by atoms with van der Waals surface area (Å²) in [5.41, 5.74) is 11.7. The van der Waals surface area contributed by atoms with Crippen LogP contribution in [-0.4, -0.2) is 60.5 Å². The van der Waals surface area contributed by atoms with Crippen LogP contribution in [0.15, 0.2) is 17.4 Å². The molecule has 3 saturated carbocycles. The van der Waals surface area contributed by atoms with Gasteiger partial charge in [0.15, 0.2) is 0 Å². The summed E-state index contributed by atoms with van der Waals surface area (Å²) in [6.07, 6.45) is 4.89. The van der Waals surface area contributed by atoms with Gasteiger partial charge in [0.25, 0.3) is 0 Å². The van der Waals surface area contributed by atoms with Crippen molar-refractivity contribution in [1.29, 1.82) is 0 Å². The summed E-state index contributed by atoms with van der Waals surface area (Å²) >= 11 is 1.58. The lowest BCUT2D eigenvalue weighted by Crippen LogP contribution is -2.39. The van der Waals surface area contributed by atoms with Crippen LogP contribution < -0.4 is 10.6 Å². The first-order chi connectivity index (χ1) is 18.2. The molecule has 3 aromatic heterocycles. The highest BCUT2D eigenvalue weighted by Crippen LogP contribution is 2.45. The monoisotopic (exact) mass is 535 g/mol. The Hall–Kier alpha value is -3.05. The third-order valence-electron chi connectivity index (χ3n) is 8.06. The van der Waals surface area contributed by atoms with Gasteiger partial charge in [-0.05, 0) is 56.5 Å². The Labute approximate surface area is 224 Å². The summed E-state index contributed by atoms with van der Waals surface area (Å²) in [5, 5.41) is 33.3. The minimum Gasteiger partial charge on any atom is -0.390 e. The number of anilines is 2. The van der Waals surface area contributed by atoms with Gasteiger partial charge in [0.2, 0.25) is 5.95 Å². The summed E-state index contributed by atoms with van der Waals surface area (Å²) in [6.45, 7) is 6.33. The highest BCUT2D eigenvalue weighted by molar-refractivity contribution is 7.21. The van der Waals surface area contributed by atoms with E-state index in [1.54, 1.807) is 25.2 Å². The molecule has 3 heterocycles. The van der Waals surface area contributed by atoms with Crippen LogP contribution in [0.25, 0.3) is 31.2 Å². The fourth-order valence-corrected chi connectivity index (χ4v) is 6.52. The van der Waals surface area contributed by atoms with Crippen molar-refractivity contribution in [3.63, 3.8) is 0 Å². The molecule has 3 aliphatic carbocycles. The Morgan fingerprint density at radius 3 is 2.66 bits per heavy atom. The number of aryl methyl sites for hydroxylation is 1. The smallest absolute Gasteiger partial charge is 0.224 e. The standard InChI is InChI=1S/C26H33N9O2S/c1-12-18(24-32-20-17(38-24)8-9-28-19(20)14-6-7-14)23(33-25(30-12)29-11-13-4-5-13)31-16-10-15(21(36)22(16)37)26(2,3)34-35-27/h8-9,13-16,21-22,36-37H,4-7,10-11H2,1-3H3,(H2,29,30,31,33)/t15-,16+,21+,22-/m0/s1. The largest absolute Gasteiger partial charge is 0.390 e. The molecule has 12 heteroatoms. The molecular formula is C26H33N9O2S. The summed E-state index contributed by atoms with van der Waals surface area (Å²) in [6, 6.07) is 1.50. The molecule has 3 fully saturated rings. The number of pyridine rings is 1. The molecule has 0 amide bonds. The Bertz CT molecular complexity index is 1410. The van der Waals surface area contributed by atoms with Gasteiger partial charge in [0.05, 0.1) is 33.8 Å². The average Bonchev–Trinajstić information content (AvgIpc) is 3.80. The minimum absolute atomic E-state index is 0.414. The third kappa shape index (κ3) is 4.77. The third-order valence-corrected chi connectivity index (χ3v) is 9.10. The first-order valence-electron chi connectivity index (χ1n) is 13.3. The van der Waals surface area contributed by atoms with Gasteiger partial charge in [0, 0.05) is 35.0 Å². The first-order valence-corrected chi connectivity index (χ1v) is 14.1. The van der Waals surface area contributed by atoms with Crippen molar-refractivity contribution in [2.75, 3.05) is 17.2 Å². The second-order valence-electron chi connectivity index (χ2n) is 11.4. The molecule has 11 nitrogen and oxygen atoms in total. The van der Waals surface area contributed by atoms with Crippen molar-refractivity contribution in [2.24, 2.45) is 17.0 Å². The van der Waals surface area contributed by atoms with Crippen LogP contribution in [0, 0.1) is 18.8 Å². The molecule has 0 unspecified atom stereocenters. The van der Waals surface area contributed by atoms with E-state index in [2.05, 4.69) is 25.6 Å². The van der Waals surface area contributed by atoms with Gasteiger partial charge in [-0.3, -0.25) is 4.98 Å². The highest BCUT2D eigenvalue weighted by atomic mass is 32.1. The average molecular weight is 536 g/mol. The van der Waals surface area contributed by atoms with Crippen LogP contribution in [-0.2, 0) is 0 Å². The predicted molar refractivity (Wildman–Crippen MR) is 147 cm³/mol. The number of rotatable bonds is 9. The number of azide groups is 1. The fourth-order valence-electron chi connectivity index (χ4n) is 5.45. The van der Waals surface area contributed by atoms with Crippen molar-refractivity contribution in [3.8, 4) is 10.6 Å². The number of hydrogen-bond donors (Lipinski definition) is 4. The van der Waals surface area contributed by atoms with Gasteiger partial charge in [-0.1, -0.05) is 19.0 Å². The molecule has 4 atom stereocenters. The SMILES string of the molecule is Cc1nc(NCC2CC2)nc(N[C@@H]2C[C@H](C(C)(C)N=[N+]=[N-])[C@@H](O)[C@H]2O)c1-c1nc2c(C3CC3)nccc2s1. The Kier molecular flexibility index (Phi) is 6.38.